The van der Waals surface area contributed by atoms with Crippen LogP contribution in [0.5, 0.6) is 0 Å². The van der Waals surface area contributed by atoms with Gasteiger partial charge in [0.15, 0.2) is 11.5 Å². The first kappa shape index (κ1) is 12.7. The largest absolute Gasteiger partial charge is 0.441 e. The number of halogens is 2. The smallest absolute Gasteiger partial charge is 0.196 e. The minimum Gasteiger partial charge on any atom is -0.441 e. The first-order chi connectivity index (χ1) is 9.24. The van der Waals surface area contributed by atoms with Crippen LogP contribution in [0.4, 0.5) is 0 Å². The summed E-state index contributed by atoms with van der Waals surface area (Å²) in [5.74, 6) is 0.711. The van der Waals surface area contributed by atoms with Crippen molar-refractivity contribution in [1.82, 2.24) is 4.98 Å². The van der Waals surface area contributed by atoms with Gasteiger partial charge in [0.1, 0.15) is 5.52 Å². The first-order valence-electron chi connectivity index (χ1n) is 5.97. The van der Waals surface area contributed by atoms with E-state index in [9.17, 15) is 0 Å². The van der Waals surface area contributed by atoms with Gasteiger partial charge in [-0.1, -0.05) is 57.9 Å². The number of alkyl halides is 1. The van der Waals surface area contributed by atoms with Crippen LogP contribution in [0.2, 0.25) is 5.02 Å². The molecule has 0 aliphatic carbocycles. The summed E-state index contributed by atoms with van der Waals surface area (Å²) in [6.45, 7) is 0. The van der Waals surface area contributed by atoms with Crippen molar-refractivity contribution in [3.63, 3.8) is 0 Å². The molecule has 1 atom stereocenters. The number of benzene rings is 2. The Kier molecular flexibility index (Phi) is 3.58. The number of aromatic nitrogens is 1. The molecule has 0 N–H and O–H groups in total. The highest BCUT2D eigenvalue weighted by atomic mass is 79.9. The van der Waals surface area contributed by atoms with E-state index in [0.29, 0.717) is 12.3 Å². The molecule has 2 aromatic carbocycles. The van der Waals surface area contributed by atoms with Gasteiger partial charge in [0.25, 0.3) is 0 Å². The Morgan fingerprint density at radius 3 is 2.63 bits per heavy atom. The summed E-state index contributed by atoms with van der Waals surface area (Å²) in [6, 6.07) is 15.5. The summed E-state index contributed by atoms with van der Waals surface area (Å²) in [4.78, 5) is 4.56. The third kappa shape index (κ3) is 2.67. The lowest BCUT2D eigenvalue weighted by Crippen LogP contribution is -1.96. The van der Waals surface area contributed by atoms with Gasteiger partial charge in [0.2, 0.25) is 0 Å². The van der Waals surface area contributed by atoms with Crippen LogP contribution in [0.15, 0.2) is 52.9 Å². The van der Waals surface area contributed by atoms with Crippen molar-refractivity contribution in [3.8, 4) is 0 Å². The molecule has 0 amide bonds. The molecule has 3 rings (SSSR count). The lowest BCUT2D eigenvalue weighted by molar-refractivity contribution is 0.527. The maximum atomic E-state index is 6.18. The van der Waals surface area contributed by atoms with E-state index in [1.807, 2.05) is 48.5 Å². The van der Waals surface area contributed by atoms with Gasteiger partial charge in [-0.05, 0) is 23.8 Å². The van der Waals surface area contributed by atoms with E-state index in [4.69, 9.17) is 16.0 Å². The molecule has 3 aromatic rings. The number of para-hydroxylation sites is 2. The summed E-state index contributed by atoms with van der Waals surface area (Å²) < 4.78 is 5.72. The SMILES string of the molecule is Clc1ccccc1C(Br)Cc1nc2ccccc2o1. The lowest BCUT2D eigenvalue weighted by atomic mass is 10.1. The van der Waals surface area contributed by atoms with E-state index in [1.165, 1.54) is 0 Å². The monoisotopic (exact) mass is 335 g/mol. The lowest BCUT2D eigenvalue weighted by Gasteiger charge is -2.09. The Bertz CT molecular complexity index is 677. The van der Waals surface area contributed by atoms with Crippen LogP contribution in [-0.2, 0) is 6.42 Å². The van der Waals surface area contributed by atoms with Gasteiger partial charge in [0, 0.05) is 16.3 Å². The number of nitrogens with zero attached hydrogens (tertiary/aromatic N) is 1. The minimum absolute atomic E-state index is 0.0919. The molecule has 1 unspecified atom stereocenters. The maximum Gasteiger partial charge on any atom is 0.196 e. The molecule has 0 saturated carbocycles. The molecule has 96 valence electrons. The first-order valence-corrected chi connectivity index (χ1v) is 7.26. The average Bonchev–Trinajstić information content (AvgIpc) is 2.81. The van der Waals surface area contributed by atoms with E-state index in [1.54, 1.807) is 0 Å². The normalized spacial score (nSPS) is 12.7. The number of rotatable bonds is 3. The highest BCUT2D eigenvalue weighted by Gasteiger charge is 2.15. The van der Waals surface area contributed by atoms with Gasteiger partial charge in [-0.3, -0.25) is 0 Å². The Labute approximate surface area is 124 Å². The molecule has 0 fully saturated rings. The van der Waals surface area contributed by atoms with E-state index >= 15 is 0 Å². The Morgan fingerprint density at radius 1 is 1.11 bits per heavy atom. The second kappa shape index (κ2) is 5.35. The zero-order valence-electron chi connectivity index (χ0n) is 10.0. The van der Waals surface area contributed by atoms with Crippen LogP contribution in [0.25, 0.3) is 11.1 Å². The molecular weight excluding hydrogens is 326 g/mol. The molecule has 0 radical (unpaired) electrons. The Hall–Kier alpha value is -1.32. The zero-order chi connectivity index (χ0) is 13.2. The summed E-state index contributed by atoms with van der Waals surface area (Å²) >= 11 is 9.83. The van der Waals surface area contributed by atoms with Gasteiger partial charge < -0.3 is 4.42 Å². The predicted octanol–water partition coefficient (Wildman–Crippen LogP) is 5.16. The molecule has 4 heteroatoms. The fourth-order valence-corrected chi connectivity index (χ4v) is 3.08. The molecule has 19 heavy (non-hydrogen) atoms. The summed E-state index contributed by atoms with van der Waals surface area (Å²) in [7, 11) is 0. The molecule has 2 nitrogen and oxygen atoms in total. The molecule has 1 heterocycles. The van der Waals surface area contributed by atoms with Crippen molar-refractivity contribution in [2.75, 3.05) is 0 Å². The van der Waals surface area contributed by atoms with Crippen LogP contribution in [0.3, 0.4) is 0 Å². The topological polar surface area (TPSA) is 26.0 Å². The molecule has 0 bridgehead atoms. The van der Waals surface area contributed by atoms with Crippen LogP contribution < -0.4 is 0 Å². The van der Waals surface area contributed by atoms with E-state index < -0.39 is 0 Å². The van der Waals surface area contributed by atoms with Crippen LogP contribution in [-0.4, -0.2) is 4.98 Å². The highest BCUT2D eigenvalue weighted by Crippen LogP contribution is 2.32. The molecule has 0 aliphatic heterocycles. The highest BCUT2D eigenvalue weighted by molar-refractivity contribution is 9.09. The predicted molar refractivity (Wildman–Crippen MR) is 80.8 cm³/mol. The summed E-state index contributed by atoms with van der Waals surface area (Å²) in [6.07, 6.45) is 0.665. The zero-order valence-corrected chi connectivity index (χ0v) is 12.4. The summed E-state index contributed by atoms with van der Waals surface area (Å²) in [5, 5.41) is 0.750. The summed E-state index contributed by atoms with van der Waals surface area (Å²) in [5.41, 5.74) is 2.75. The average molecular weight is 337 g/mol. The van der Waals surface area contributed by atoms with E-state index in [2.05, 4.69) is 20.9 Å². The fraction of sp³-hybridized carbons (Fsp3) is 0.133. The van der Waals surface area contributed by atoms with Crippen molar-refractivity contribution in [1.29, 1.82) is 0 Å². The van der Waals surface area contributed by atoms with Crippen molar-refractivity contribution in [3.05, 3.63) is 65.0 Å². The number of fused-ring (bicyclic) bond motifs is 1. The number of oxazole rings is 1. The number of hydrogen-bond acceptors (Lipinski definition) is 2. The second-order valence-electron chi connectivity index (χ2n) is 4.27. The molecular formula is C15H11BrClNO. The van der Waals surface area contributed by atoms with Crippen LogP contribution >= 0.6 is 27.5 Å². The molecule has 0 saturated heterocycles. The van der Waals surface area contributed by atoms with Gasteiger partial charge in [0.05, 0.1) is 0 Å². The van der Waals surface area contributed by atoms with Crippen LogP contribution in [0, 0.1) is 0 Å². The Balaban J connectivity index is 1.86. The molecule has 0 aliphatic rings. The number of hydrogen-bond donors (Lipinski definition) is 0. The minimum atomic E-state index is 0.0919. The quantitative estimate of drug-likeness (QED) is 0.617. The van der Waals surface area contributed by atoms with Crippen molar-refractivity contribution in [2.45, 2.75) is 11.2 Å². The maximum absolute atomic E-state index is 6.18. The van der Waals surface area contributed by atoms with Crippen LogP contribution in [0.1, 0.15) is 16.3 Å². The Morgan fingerprint density at radius 2 is 1.84 bits per heavy atom. The van der Waals surface area contributed by atoms with Crippen molar-refractivity contribution >= 4 is 38.6 Å². The van der Waals surface area contributed by atoms with E-state index in [0.717, 1.165) is 21.7 Å². The van der Waals surface area contributed by atoms with Gasteiger partial charge in [-0.2, -0.15) is 0 Å². The third-order valence-corrected chi connectivity index (χ3v) is 4.10. The molecule has 0 spiro atoms. The van der Waals surface area contributed by atoms with Gasteiger partial charge >= 0.3 is 0 Å². The standard InChI is InChI=1S/C15H11BrClNO/c16-11(10-5-1-2-6-12(10)17)9-15-18-13-7-3-4-8-14(13)19-15/h1-8,11H,9H2. The van der Waals surface area contributed by atoms with Crippen molar-refractivity contribution in [2.24, 2.45) is 0 Å². The molecule has 1 aromatic heterocycles. The fourth-order valence-electron chi connectivity index (χ4n) is 2.00. The second-order valence-corrected chi connectivity index (χ2v) is 5.78. The van der Waals surface area contributed by atoms with Gasteiger partial charge in [-0.25, -0.2) is 4.98 Å². The third-order valence-electron chi connectivity index (χ3n) is 2.93. The van der Waals surface area contributed by atoms with E-state index in [-0.39, 0.29) is 4.83 Å². The van der Waals surface area contributed by atoms with Gasteiger partial charge in [-0.15, -0.1) is 0 Å². The van der Waals surface area contributed by atoms with Crippen molar-refractivity contribution < 1.29 is 4.42 Å².